The molecule has 1 aromatic carbocycles. The summed E-state index contributed by atoms with van der Waals surface area (Å²) in [5.41, 5.74) is -1.30. The molecule has 2 aliphatic rings. The summed E-state index contributed by atoms with van der Waals surface area (Å²) in [5, 5.41) is 17.1. The molecule has 5 aromatic rings. The Morgan fingerprint density at radius 2 is 1.94 bits per heavy atom. The number of carbonyl (C=O) groups is 2. The van der Waals surface area contributed by atoms with Crippen LogP contribution in [0.5, 0.6) is 5.75 Å². The van der Waals surface area contributed by atoms with Gasteiger partial charge < -0.3 is 24.6 Å². The van der Waals surface area contributed by atoms with Crippen LogP contribution in [0.25, 0.3) is 17.2 Å². The number of hydrogen-bond donors (Lipinski definition) is 2. The van der Waals surface area contributed by atoms with Gasteiger partial charge in [-0.05, 0) is 50.1 Å². The minimum atomic E-state index is -4.62. The van der Waals surface area contributed by atoms with E-state index >= 15 is 0 Å². The average Bonchev–Trinajstić information content (AvgIpc) is 3.55. The van der Waals surface area contributed by atoms with E-state index < -0.39 is 41.3 Å². The van der Waals surface area contributed by atoms with E-state index in [1.54, 1.807) is 29.8 Å². The lowest BCUT2D eigenvalue weighted by Crippen LogP contribution is -2.52. The Labute approximate surface area is 285 Å². The molecule has 50 heavy (non-hydrogen) atoms. The number of benzene rings is 1. The summed E-state index contributed by atoms with van der Waals surface area (Å²) in [6.45, 7) is 1.65. The van der Waals surface area contributed by atoms with Crippen LogP contribution in [0.1, 0.15) is 45.8 Å². The van der Waals surface area contributed by atoms with E-state index in [1.807, 2.05) is 0 Å². The quantitative estimate of drug-likeness (QED) is 0.274. The first kappa shape index (κ1) is 33.1. The zero-order valence-electron chi connectivity index (χ0n) is 26.2. The second kappa shape index (κ2) is 12.5. The van der Waals surface area contributed by atoms with Crippen molar-refractivity contribution < 1.29 is 32.6 Å². The number of nitrogens with zero attached hydrogens (tertiary/aromatic N) is 8. The summed E-state index contributed by atoms with van der Waals surface area (Å²) in [5.74, 6) is -1.23. The van der Waals surface area contributed by atoms with Gasteiger partial charge in [0, 0.05) is 43.2 Å². The van der Waals surface area contributed by atoms with Crippen molar-refractivity contribution >= 4 is 34.9 Å². The lowest BCUT2D eigenvalue weighted by Gasteiger charge is -2.44. The fourth-order valence-corrected chi connectivity index (χ4v) is 6.61. The fraction of sp³-hybridized carbons (Fsp3) is 0.312. The second-order valence-corrected chi connectivity index (χ2v) is 12.3. The zero-order chi connectivity index (χ0) is 35.4. The summed E-state index contributed by atoms with van der Waals surface area (Å²) in [4.78, 5) is 59.2. The topological polar surface area (TPSA) is 170 Å². The molecule has 0 aliphatic carbocycles. The van der Waals surface area contributed by atoms with Gasteiger partial charge in [-0.25, -0.2) is 9.97 Å². The first-order valence-electron chi connectivity index (χ1n) is 15.4. The number of aromatic nitrogens is 7. The summed E-state index contributed by atoms with van der Waals surface area (Å²) in [7, 11) is 0. The van der Waals surface area contributed by atoms with Crippen LogP contribution in [0.15, 0.2) is 53.8 Å². The number of hydrogen-bond acceptors (Lipinski definition) is 10. The number of amides is 2. The Morgan fingerprint density at radius 1 is 1.16 bits per heavy atom. The maximum atomic E-state index is 14.3. The molecule has 7 rings (SSSR count). The molecule has 1 fully saturated rings. The van der Waals surface area contributed by atoms with E-state index in [9.17, 15) is 32.7 Å². The summed E-state index contributed by atoms with van der Waals surface area (Å²) in [6.07, 6.45) is 0.301. The minimum absolute atomic E-state index is 0.0325. The van der Waals surface area contributed by atoms with Gasteiger partial charge >= 0.3 is 6.18 Å². The molecule has 258 valence electrons. The predicted octanol–water partition coefficient (Wildman–Crippen LogP) is 3.77. The van der Waals surface area contributed by atoms with Crippen molar-refractivity contribution in [2.75, 3.05) is 25.0 Å². The third-order valence-corrected chi connectivity index (χ3v) is 9.20. The van der Waals surface area contributed by atoms with Crippen molar-refractivity contribution in [2.45, 2.75) is 44.5 Å². The number of aromatic hydroxyl groups is 1. The summed E-state index contributed by atoms with van der Waals surface area (Å²) in [6, 6.07) is 5.99. The Kier molecular flexibility index (Phi) is 8.26. The molecule has 0 bridgehead atoms. The first-order chi connectivity index (χ1) is 23.9. The maximum absolute atomic E-state index is 14.3. The van der Waals surface area contributed by atoms with E-state index in [0.717, 1.165) is 22.7 Å². The van der Waals surface area contributed by atoms with Crippen molar-refractivity contribution in [1.29, 1.82) is 0 Å². The highest BCUT2D eigenvalue weighted by molar-refractivity contribution is 6.33. The summed E-state index contributed by atoms with van der Waals surface area (Å²) < 4.78 is 48.6. The molecule has 0 atom stereocenters. The molecule has 18 heteroatoms. The Balaban J connectivity index is 1.27. The van der Waals surface area contributed by atoms with Crippen LogP contribution in [0.2, 0.25) is 5.02 Å². The molecular weight excluding hydrogens is 683 g/mol. The molecule has 14 nitrogen and oxygen atoms in total. The van der Waals surface area contributed by atoms with Gasteiger partial charge in [0.15, 0.2) is 17.3 Å². The van der Waals surface area contributed by atoms with E-state index in [4.69, 9.17) is 16.3 Å². The Morgan fingerprint density at radius 3 is 2.64 bits per heavy atom. The molecule has 1 saturated heterocycles. The minimum Gasteiger partial charge on any atom is -0.504 e. The van der Waals surface area contributed by atoms with Crippen LogP contribution in [0.4, 0.5) is 18.9 Å². The standard InChI is InChI=1S/C32H27ClF3N9O5/c1-17-26(47)25(39-16-38-17)29(49)43-10-7-31(8-11-43)24-22(6-12-50-31)44(15-23(46)40-21-5-4-19(13-20(21)33)32(34,35)36)30-41-27(42-45(30)28(24)48)18-3-2-9-37-14-18/h2-5,9,13-14,16,47H,6-8,10-12,15H2,1H3,(H,40,46). The van der Waals surface area contributed by atoms with Gasteiger partial charge in [0.25, 0.3) is 11.5 Å². The maximum Gasteiger partial charge on any atom is 0.416 e. The molecule has 2 N–H and O–H groups in total. The van der Waals surface area contributed by atoms with Crippen LogP contribution < -0.4 is 10.9 Å². The van der Waals surface area contributed by atoms with Crippen LogP contribution in [0.3, 0.4) is 0 Å². The number of aryl methyl sites for hydroxylation is 1. The van der Waals surface area contributed by atoms with Gasteiger partial charge in [0.1, 0.15) is 18.5 Å². The molecule has 0 radical (unpaired) electrons. The number of halogens is 4. The average molecular weight is 710 g/mol. The van der Waals surface area contributed by atoms with Gasteiger partial charge in [-0.15, -0.1) is 5.10 Å². The number of ether oxygens (including phenoxy) is 1. The van der Waals surface area contributed by atoms with Crippen molar-refractivity contribution in [1.82, 2.24) is 39.0 Å². The highest BCUT2D eigenvalue weighted by atomic mass is 35.5. The normalized spacial score (nSPS) is 15.7. The van der Waals surface area contributed by atoms with Gasteiger partial charge in [0.2, 0.25) is 11.7 Å². The van der Waals surface area contributed by atoms with Crippen molar-refractivity contribution in [3.63, 3.8) is 0 Å². The predicted molar refractivity (Wildman–Crippen MR) is 170 cm³/mol. The van der Waals surface area contributed by atoms with Crippen molar-refractivity contribution in [3.8, 4) is 17.1 Å². The highest BCUT2D eigenvalue weighted by Gasteiger charge is 2.46. The number of fused-ring (bicyclic) bond motifs is 3. The lowest BCUT2D eigenvalue weighted by molar-refractivity contribution is -0.137. The van der Waals surface area contributed by atoms with E-state index in [1.165, 1.54) is 17.4 Å². The summed E-state index contributed by atoms with van der Waals surface area (Å²) >= 11 is 6.11. The van der Waals surface area contributed by atoms with Gasteiger partial charge in [0.05, 0.1) is 34.1 Å². The van der Waals surface area contributed by atoms with Crippen LogP contribution in [0, 0.1) is 6.92 Å². The van der Waals surface area contributed by atoms with E-state index in [2.05, 4.69) is 30.4 Å². The van der Waals surface area contributed by atoms with Crippen molar-refractivity contribution in [2.24, 2.45) is 0 Å². The van der Waals surface area contributed by atoms with Crippen LogP contribution in [-0.2, 0) is 34.3 Å². The molecule has 0 saturated carbocycles. The van der Waals surface area contributed by atoms with Crippen LogP contribution in [-0.4, -0.2) is 75.6 Å². The van der Waals surface area contributed by atoms with E-state index in [0.29, 0.717) is 11.3 Å². The number of alkyl halides is 3. The SMILES string of the molecule is Cc1ncnc(C(=O)N2CCC3(CC2)OCCc2c3c(=O)n3nc(-c4cccnc4)nc3n2CC(=O)Nc2ccc(C(F)(F)F)cc2Cl)c1O. The largest absolute Gasteiger partial charge is 0.504 e. The first-order valence-corrected chi connectivity index (χ1v) is 15.8. The monoisotopic (exact) mass is 709 g/mol. The number of carbonyl (C=O) groups excluding carboxylic acids is 2. The molecule has 2 amide bonds. The number of pyridine rings is 1. The number of likely N-dealkylation sites (tertiary alicyclic amines) is 1. The third-order valence-electron chi connectivity index (χ3n) is 8.88. The third kappa shape index (κ3) is 5.81. The fourth-order valence-electron chi connectivity index (χ4n) is 6.38. The van der Waals surface area contributed by atoms with Crippen LogP contribution >= 0.6 is 11.6 Å². The van der Waals surface area contributed by atoms with Gasteiger partial charge in [-0.2, -0.15) is 22.7 Å². The van der Waals surface area contributed by atoms with Crippen molar-refractivity contribution in [3.05, 3.63) is 92.6 Å². The molecular formula is C32H27ClF3N9O5. The highest BCUT2D eigenvalue weighted by Crippen LogP contribution is 2.41. The molecule has 0 unspecified atom stereocenters. The smallest absolute Gasteiger partial charge is 0.416 e. The zero-order valence-corrected chi connectivity index (χ0v) is 27.0. The molecule has 2 aliphatic heterocycles. The van der Waals surface area contributed by atoms with E-state index in [-0.39, 0.29) is 84.0 Å². The number of nitrogens with one attached hydrogen (secondary N) is 1. The molecule has 4 aromatic heterocycles. The van der Waals surface area contributed by atoms with Gasteiger partial charge in [-0.3, -0.25) is 19.4 Å². The Bertz CT molecular complexity index is 2220. The molecule has 6 heterocycles. The lowest BCUT2D eigenvalue weighted by atomic mass is 9.81. The number of piperidine rings is 1. The second-order valence-electron chi connectivity index (χ2n) is 11.9. The number of rotatable bonds is 5. The van der Waals surface area contributed by atoms with Gasteiger partial charge in [-0.1, -0.05) is 11.6 Å². The number of anilines is 1. The Hall–Kier alpha value is -5.42. The molecule has 1 spiro atoms.